The van der Waals surface area contributed by atoms with Gasteiger partial charge in [0.2, 0.25) is 0 Å². The molecule has 11 atom stereocenters. The van der Waals surface area contributed by atoms with Crippen molar-refractivity contribution in [2.75, 3.05) is 0 Å². The van der Waals surface area contributed by atoms with E-state index >= 15 is 0 Å². The third kappa shape index (κ3) is 3.10. The summed E-state index contributed by atoms with van der Waals surface area (Å²) in [5, 5.41) is 0. The fourth-order valence-corrected chi connectivity index (χ4v) is 10.00. The van der Waals surface area contributed by atoms with Crippen LogP contribution in [-0.4, -0.2) is 12.2 Å². The molecule has 4 aliphatic carbocycles. The minimum Gasteiger partial charge on any atom is -0.369 e. The van der Waals surface area contributed by atoms with E-state index in [1.807, 2.05) is 0 Å². The second kappa shape index (κ2) is 7.25. The van der Waals surface area contributed by atoms with Crippen molar-refractivity contribution in [2.45, 2.75) is 118 Å². The molecule has 5 fully saturated rings. The highest BCUT2D eigenvalue weighted by atomic mass is 16.6. The predicted octanol–water partition coefficient (Wildman–Crippen LogP) is 7.73. The van der Waals surface area contributed by atoms with Gasteiger partial charge >= 0.3 is 0 Å². The zero-order chi connectivity index (χ0) is 20.6. The first kappa shape index (κ1) is 20.8. The zero-order valence-electron chi connectivity index (χ0n) is 20.3. The second-order valence-corrected chi connectivity index (χ2v) is 13.2. The normalized spacial score (nSPS) is 54.3. The molecule has 0 radical (unpaired) electrons. The van der Waals surface area contributed by atoms with Crippen LogP contribution in [0.4, 0.5) is 0 Å². The lowest BCUT2D eigenvalue weighted by atomic mass is 9.42. The lowest BCUT2D eigenvalue weighted by molar-refractivity contribution is -0.132. The van der Waals surface area contributed by atoms with E-state index in [1.54, 1.807) is 0 Å². The maximum absolute atomic E-state index is 6.17. The van der Waals surface area contributed by atoms with Crippen LogP contribution in [0.3, 0.4) is 0 Å². The maximum atomic E-state index is 6.17. The monoisotopic (exact) mass is 400 g/mol. The Morgan fingerprint density at radius 1 is 0.897 bits per heavy atom. The van der Waals surface area contributed by atoms with Gasteiger partial charge in [0, 0.05) is 0 Å². The van der Waals surface area contributed by atoms with Gasteiger partial charge in [-0.25, -0.2) is 0 Å². The first-order valence-corrected chi connectivity index (χ1v) is 13.4. The summed E-state index contributed by atoms with van der Waals surface area (Å²) >= 11 is 0. The molecule has 29 heavy (non-hydrogen) atoms. The summed E-state index contributed by atoms with van der Waals surface area (Å²) in [4.78, 5) is 0. The van der Waals surface area contributed by atoms with Gasteiger partial charge in [0.05, 0.1) is 12.2 Å². The molecule has 0 amide bonds. The Hall–Kier alpha value is -0.0400. The molecule has 1 heterocycles. The molecule has 0 aromatic heterocycles. The van der Waals surface area contributed by atoms with Gasteiger partial charge in [-0.2, -0.15) is 0 Å². The maximum Gasteiger partial charge on any atom is 0.0875 e. The van der Waals surface area contributed by atoms with E-state index in [0.717, 1.165) is 47.3 Å². The Kier molecular flexibility index (Phi) is 5.21. The van der Waals surface area contributed by atoms with Gasteiger partial charge in [-0.1, -0.05) is 60.8 Å². The SMILES string of the molecule is CC(C)CCC[C@@H](C)[C@H]1CC[C@H]2[C@@H]3CC[C@H]4[C@@H]5O[C@@H]5C[C@H](C)[C@]4(C)[C@H]3CC[C@]12C. The Morgan fingerprint density at radius 3 is 2.41 bits per heavy atom. The van der Waals surface area contributed by atoms with Crippen molar-refractivity contribution in [1.29, 1.82) is 0 Å². The molecule has 4 saturated carbocycles. The van der Waals surface area contributed by atoms with Crippen LogP contribution < -0.4 is 0 Å². The van der Waals surface area contributed by atoms with Gasteiger partial charge in [0.1, 0.15) is 0 Å². The molecule has 166 valence electrons. The van der Waals surface area contributed by atoms with Gasteiger partial charge < -0.3 is 4.74 Å². The van der Waals surface area contributed by atoms with Gasteiger partial charge in [-0.15, -0.1) is 0 Å². The minimum absolute atomic E-state index is 0.558. The van der Waals surface area contributed by atoms with Crippen molar-refractivity contribution in [2.24, 2.45) is 58.2 Å². The number of rotatable bonds is 5. The highest BCUT2D eigenvalue weighted by Crippen LogP contribution is 2.70. The number of ether oxygens (including phenoxy) is 1. The van der Waals surface area contributed by atoms with Crippen LogP contribution in [0.15, 0.2) is 0 Å². The van der Waals surface area contributed by atoms with Crippen LogP contribution in [0.1, 0.15) is 106 Å². The average molecular weight is 401 g/mol. The van der Waals surface area contributed by atoms with E-state index in [9.17, 15) is 0 Å². The highest BCUT2D eigenvalue weighted by molar-refractivity contribution is 5.15. The summed E-state index contributed by atoms with van der Waals surface area (Å²) < 4.78 is 6.17. The van der Waals surface area contributed by atoms with Gasteiger partial charge in [-0.3, -0.25) is 0 Å². The highest BCUT2D eigenvalue weighted by Gasteiger charge is 2.66. The van der Waals surface area contributed by atoms with Crippen LogP contribution in [0.25, 0.3) is 0 Å². The Labute approximate surface area is 181 Å². The Morgan fingerprint density at radius 2 is 1.66 bits per heavy atom. The fraction of sp³-hybridized carbons (Fsp3) is 1.00. The molecule has 1 nitrogen and oxygen atoms in total. The smallest absolute Gasteiger partial charge is 0.0875 e. The summed E-state index contributed by atoms with van der Waals surface area (Å²) in [6, 6.07) is 0. The average Bonchev–Trinajstić information content (AvgIpc) is 3.32. The van der Waals surface area contributed by atoms with Gasteiger partial charge in [0.15, 0.2) is 0 Å². The lowest BCUT2D eigenvalue weighted by Gasteiger charge is -2.62. The molecule has 0 unspecified atom stereocenters. The van der Waals surface area contributed by atoms with Crippen LogP contribution >= 0.6 is 0 Å². The van der Waals surface area contributed by atoms with Crippen molar-refractivity contribution < 1.29 is 4.74 Å². The summed E-state index contributed by atoms with van der Waals surface area (Å²) in [5.74, 6) is 7.53. The van der Waals surface area contributed by atoms with Crippen molar-refractivity contribution >= 4 is 0 Å². The number of hydrogen-bond acceptors (Lipinski definition) is 1. The molecular formula is C28H48O. The topological polar surface area (TPSA) is 12.5 Å². The number of epoxide rings is 1. The predicted molar refractivity (Wildman–Crippen MR) is 122 cm³/mol. The van der Waals surface area contributed by atoms with Gasteiger partial charge in [0.25, 0.3) is 0 Å². The summed E-state index contributed by atoms with van der Waals surface area (Å²) in [7, 11) is 0. The van der Waals surface area contributed by atoms with E-state index in [2.05, 4.69) is 41.5 Å². The Bertz CT molecular complexity index is 611. The standard InChI is InChI=1S/C28H48O/c1-17(2)8-7-9-18(3)21-12-13-22-20-10-11-24-26-25(29-26)16-19(4)28(24,6)23(20)14-15-27(21,22)5/h17-26H,7-16H2,1-6H3/t18-,19+,20+,21-,22+,23+,24+,25-,26+,27-,28-/m1/s1. The van der Waals surface area contributed by atoms with Crippen LogP contribution in [-0.2, 0) is 4.74 Å². The second-order valence-electron chi connectivity index (χ2n) is 13.2. The van der Waals surface area contributed by atoms with Crippen molar-refractivity contribution in [3.8, 4) is 0 Å². The van der Waals surface area contributed by atoms with E-state index in [0.29, 0.717) is 23.0 Å². The first-order chi connectivity index (χ1) is 13.8. The molecule has 0 aromatic carbocycles. The quantitative estimate of drug-likeness (QED) is 0.430. The molecule has 0 aromatic rings. The van der Waals surface area contributed by atoms with E-state index in [4.69, 9.17) is 4.74 Å². The summed E-state index contributed by atoms with van der Waals surface area (Å²) in [6.45, 7) is 15.4. The van der Waals surface area contributed by atoms with Crippen LogP contribution in [0.2, 0.25) is 0 Å². The van der Waals surface area contributed by atoms with E-state index in [-0.39, 0.29) is 0 Å². The summed E-state index contributed by atoms with van der Waals surface area (Å²) in [6.07, 6.45) is 16.0. The van der Waals surface area contributed by atoms with E-state index in [1.165, 1.54) is 64.2 Å². The van der Waals surface area contributed by atoms with Crippen molar-refractivity contribution in [3.63, 3.8) is 0 Å². The molecule has 1 saturated heterocycles. The molecule has 1 heteroatoms. The van der Waals surface area contributed by atoms with Crippen molar-refractivity contribution in [1.82, 2.24) is 0 Å². The minimum atomic E-state index is 0.558. The molecular weight excluding hydrogens is 352 g/mol. The largest absolute Gasteiger partial charge is 0.369 e. The molecule has 0 N–H and O–H groups in total. The zero-order valence-corrected chi connectivity index (χ0v) is 20.3. The Balaban J connectivity index is 1.32. The molecule has 5 aliphatic rings. The van der Waals surface area contributed by atoms with Crippen molar-refractivity contribution in [3.05, 3.63) is 0 Å². The first-order valence-electron chi connectivity index (χ1n) is 13.4. The van der Waals surface area contributed by atoms with Crippen LogP contribution in [0, 0.1) is 58.2 Å². The van der Waals surface area contributed by atoms with Gasteiger partial charge in [-0.05, 0) is 103 Å². The van der Waals surface area contributed by atoms with E-state index < -0.39 is 0 Å². The number of hydrogen-bond donors (Lipinski definition) is 0. The number of fused-ring (bicyclic) bond motifs is 7. The molecule has 0 bridgehead atoms. The fourth-order valence-electron chi connectivity index (χ4n) is 10.00. The third-order valence-corrected chi connectivity index (χ3v) is 11.7. The summed E-state index contributed by atoms with van der Waals surface area (Å²) in [5.41, 5.74) is 1.20. The molecule has 1 aliphatic heterocycles. The third-order valence-electron chi connectivity index (χ3n) is 11.7. The lowest BCUT2D eigenvalue weighted by Crippen LogP contribution is -2.57. The molecule has 0 spiro atoms. The molecule has 5 rings (SSSR count). The van der Waals surface area contributed by atoms with Crippen LogP contribution in [0.5, 0.6) is 0 Å².